The molecule has 3 aromatic carbocycles. The first-order chi connectivity index (χ1) is 20.4. The molecule has 238 valence electrons. The average molecular weight is 632 g/mol. The highest BCUT2D eigenvalue weighted by Gasteiger charge is 2.33. The number of rotatable bonds is 12. The molecule has 3 rings (SSSR count). The quantitative estimate of drug-likeness (QED) is 0.261. The Morgan fingerprint density at radius 3 is 2.11 bits per heavy atom. The molecular weight excluding hydrogens is 591 g/mol. The zero-order chi connectivity index (χ0) is 32.7. The molecule has 0 heterocycles. The molecule has 0 bridgehead atoms. The van der Waals surface area contributed by atoms with Gasteiger partial charge >= 0.3 is 6.18 Å². The highest BCUT2D eigenvalue weighted by molar-refractivity contribution is 7.92. The zero-order valence-corrected chi connectivity index (χ0v) is 26.5. The fraction of sp³-hybridized carbons (Fsp3) is 0.394. The third kappa shape index (κ3) is 10.4. The van der Waals surface area contributed by atoms with Gasteiger partial charge in [-0.2, -0.15) is 13.2 Å². The molecular formula is C33H40F3N3O4S. The standard InChI is InChI=1S/C33H40F3N3O4S/c1-24-12-9-15-26(20-24)23-38(29(31(41)37-32(2,3)4)21-25-13-7-6-8-14-25)30(40)18-11-19-39(44(5,42)43)28-17-10-16-27(22-28)33(34,35)36/h6-10,12-17,20,22,29H,11,18-19,21,23H2,1-5H3,(H,37,41). The molecule has 2 amide bonds. The molecule has 0 radical (unpaired) electrons. The second kappa shape index (κ2) is 14.3. The molecule has 0 aliphatic heterocycles. The van der Waals surface area contributed by atoms with Crippen molar-refractivity contribution in [2.24, 2.45) is 0 Å². The van der Waals surface area contributed by atoms with Crippen LogP contribution in [0.2, 0.25) is 0 Å². The number of aryl methyl sites for hydroxylation is 1. The van der Waals surface area contributed by atoms with Crippen LogP contribution in [0, 0.1) is 6.92 Å². The number of anilines is 1. The molecule has 11 heteroatoms. The number of hydrogen-bond donors (Lipinski definition) is 1. The minimum atomic E-state index is -4.65. The largest absolute Gasteiger partial charge is 0.416 e. The maximum absolute atomic E-state index is 13.9. The Labute approximate surface area is 258 Å². The van der Waals surface area contributed by atoms with Gasteiger partial charge < -0.3 is 10.2 Å². The van der Waals surface area contributed by atoms with Crippen molar-refractivity contribution in [3.63, 3.8) is 0 Å². The molecule has 0 aliphatic carbocycles. The molecule has 1 atom stereocenters. The molecule has 0 fully saturated rings. The highest BCUT2D eigenvalue weighted by Crippen LogP contribution is 2.32. The Morgan fingerprint density at radius 2 is 1.52 bits per heavy atom. The average Bonchev–Trinajstić information content (AvgIpc) is 2.91. The summed E-state index contributed by atoms with van der Waals surface area (Å²) in [5.74, 6) is -0.710. The van der Waals surface area contributed by atoms with E-state index >= 15 is 0 Å². The number of carbonyl (C=O) groups is 2. The van der Waals surface area contributed by atoms with Crippen LogP contribution in [0.4, 0.5) is 18.9 Å². The van der Waals surface area contributed by atoms with Crippen LogP contribution >= 0.6 is 0 Å². The molecule has 0 saturated heterocycles. The van der Waals surface area contributed by atoms with Gasteiger partial charge in [-0.1, -0.05) is 66.2 Å². The van der Waals surface area contributed by atoms with Gasteiger partial charge in [0.25, 0.3) is 0 Å². The van der Waals surface area contributed by atoms with Crippen molar-refractivity contribution in [3.8, 4) is 0 Å². The minimum Gasteiger partial charge on any atom is -0.350 e. The van der Waals surface area contributed by atoms with E-state index in [1.54, 1.807) is 0 Å². The number of amides is 2. The van der Waals surface area contributed by atoms with E-state index in [4.69, 9.17) is 0 Å². The van der Waals surface area contributed by atoms with Gasteiger partial charge in [-0.15, -0.1) is 0 Å². The van der Waals surface area contributed by atoms with Gasteiger partial charge in [-0.05, 0) is 63.4 Å². The van der Waals surface area contributed by atoms with Crippen LogP contribution in [0.15, 0.2) is 78.9 Å². The lowest BCUT2D eigenvalue weighted by Crippen LogP contribution is -2.54. The highest BCUT2D eigenvalue weighted by atomic mass is 32.2. The number of alkyl halides is 3. The van der Waals surface area contributed by atoms with Crippen LogP contribution in [-0.4, -0.2) is 49.5 Å². The topological polar surface area (TPSA) is 86.8 Å². The predicted octanol–water partition coefficient (Wildman–Crippen LogP) is 6.11. The SMILES string of the molecule is Cc1cccc(CN(C(=O)CCCN(c2cccc(C(F)(F)F)c2)S(C)(=O)=O)C(Cc2ccccc2)C(=O)NC(C)(C)C)c1. The summed E-state index contributed by atoms with van der Waals surface area (Å²) in [5.41, 5.74) is 0.984. The molecule has 0 spiro atoms. The second-order valence-electron chi connectivity index (χ2n) is 11.9. The van der Waals surface area contributed by atoms with Crippen molar-refractivity contribution < 1.29 is 31.2 Å². The van der Waals surface area contributed by atoms with Gasteiger partial charge in [0.1, 0.15) is 6.04 Å². The Bertz CT molecular complexity index is 1540. The Kier molecular flexibility index (Phi) is 11.2. The summed E-state index contributed by atoms with van der Waals surface area (Å²) in [6.07, 6.45) is -3.60. The Hall–Kier alpha value is -3.86. The van der Waals surface area contributed by atoms with Crippen LogP contribution < -0.4 is 9.62 Å². The summed E-state index contributed by atoms with van der Waals surface area (Å²) < 4.78 is 66.1. The van der Waals surface area contributed by atoms with Crippen LogP contribution in [-0.2, 0) is 38.8 Å². The molecule has 3 aromatic rings. The number of carbonyl (C=O) groups excluding carboxylic acids is 2. The Balaban J connectivity index is 1.92. The molecule has 0 aromatic heterocycles. The molecule has 44 heavy (non-hydrogen) atoms. The van der Waals surface area contributed by atoms with E-state index in [2.05, 4.69) is 5.32 Å². The van der Waals surface area contributed by atoms with Gasteiger partial charge in [0.2, 0.25) is 21.8 Å². The first-order valence-corrected chi connectivity index (χ1v) is 16.1. The summed E-state index contributed by atoms with van der Waals surface area (Å²) in [4.78, 5) is 29.1. The summed E-state index contributed by atoms with van der Waals surface area (Å²) in [6.45, 7) is 7.40. The van der Waals surface area contributed by atoms with Crippen molar-refractivity contribution in [1.29, 1.82) is 0 Å². The van der Waals surface area contributed by atoms with Crippen LogP contribution in [0.1, 0.15) is 55.9 Å². The van der Waals surface area contributed by atoms with Gasteiger partial charge in [0.15, 0.2) is 0 Å². The fourth-order valence-electron chi connectivity index (χ4n) is 4.86. The maximum atomic E-state index is 13.9. The monoisotopic (exact) mass is 631 g/mol. The van der Waals surface area contributed by atoms with Gasteiger partial charge in [-0.3, -0.25) is 13.9 Å². The molecule has 0 saturated carbocycles. The lowest BCUT2D eigenvalue weighted by molar-refractivity contribution is -0.142. The first kappa shape index (κ1) is 34.6. The third-order valence-corrected chi connectivity index (χ3v) is 8.01. The number of benzene rings is 3. The van der Waals surface area contributed by atoms with E-state index in [1.165, 1.54) is 11.0 Å². The summed E-state index contributed by atoms with van der Waals surface area (Å²) in [6, 6.07) is 20.1. The van der Waals surface area contributed by atoms with Crippen LogP contribution in [0.5, 0.6) is 0 Å². The number of sulfonamides is 1. The third-order valence-electron chi connectivity index (χ3n) is 6.82. The summed E-state index contributed by atoms with van der Waals surface area (Å²) in [7, 11) is -3.97. The van der Waals surface area contributed by atoms with E-state index in [9.17, 15) is 31.2 Å². The van der Waals surface area contributed by atoms with E-state index in [1.807, 2.05) is 82.3 Å². The molecule has 1 N–H and O–H groups in total. The van der Waals surface area contributed by atoms with Crippen molar-refractivity contribution in [2.75, 3.05) is 17.1 Å². The van der Waals surface area contributed by atoms with Gasteiger partial charge in [0.05, 0.1) is 17.5 Å². The Morgan fingerprint density at radius 1 is 0.886 bits per heavy atom. The maximum Gasteiger partial charge on any atom is 0.416 e. The van der Waals surface area contributed by atoms with Gasteiger partial charge in [0, 0.05) is 31.5 Å². The van der Waals surface area contributed by atoms with Crippen LogP contribution in [0.3, 0.4) is 0 Å². The lowest BCUT2D eigenvalue weighted by atomic mass is 10.00. The van der Waals surface area contributed by atoms with Crippen molar-refractivity contribution in [2.45, 2.75) is 71.3 Å². The number of hydrogen-bond acceptors (Lipinski definition) is 4. The number of nitrogens with one attached hydrogen (secondary N) is 1. The fourth-order valence-corrected chi connectivity index (χ4v) is 5.81. The minimum absolute atomic E-state index is 0.0193. The van der Waals surface area contributed by atoms with Crippen LogP contribution in [0.25, 0.3) is 0 Å². The first-order valence-electron chi connectivity index (χ1n) is 14.3. The molecule has 7 nitrogen and oxygen atoms in total. The number of halogens is 3. The normalized spacial score (nSPS) is 12.8. The van der Waals surface area contributed by atoms with Gasteiger partial charge in [-0.25, -0.2) is 8.42 Å². The molecule has 0 aliphatic rings. The number of nitrogens with zero attached hydrogens (tertiary/aromatic N) is 2. The van der Waals surface area contributed by atoms with E-state index in [-0.39, 0.29) is 49.9 Å². The van der Waals surface area contributed by atoms with Crippen molar-refractivity contribution in [3.05, 3.63) is 101 Å². The van der Waals surface area contributed by atoms with E-state index in [0.717, 1.165) is 45.5 Å². The van der Waals surface area contributed by atoms with Crippen molar-refractivity contribution in [1.82, 2.24) is 10.2 Å². The smallest absolute Gasteiger partial charge is 0.350 e. The summed E-state index contributed by atoms with van der Waals surface area (Å²) >= 11 is 0. The zero-order valence-electron chi connectivity index (χ0n) is 25.7. The van der Waals surface area contributed by atoms with Crippen molar-refractivity contribution >= 4 is 27.5 Å². The van der Waals surface area contributed by atoms with E-state index < -0.39 is 33.3 Å². The summed E-state index contributed by atoms with van der Waals surface area (Å²) in [5, 5.41) is 2.99. The lowest BCUT2D eigenvalue weighted by Gasteiger charge is -2.34. The molecule has 1 unspecified atom stereocenters. The van der Waals surface area contributed by atoms with E-state index in [0.29, 0.717) is 0 Å². The second-order valence-corrected chi connectivity index (χ2v) is 13.8. The predicted molar refractivity (Wildman–Crippen MR) is 166 cm³/mol.